The number of piperazine rings is 1. The molecule has 3 fully saturated rings. The maximum absolute atomic E-state index is 12.9. The lowest BCUT2D eigenvalue weighted by molar-refractivity contribution is -0.144. The fourth-order valence-corrected chi connectivity index (χ4v) is 3.82. The lowest BCUT2D eigenvalue weighted by Crippen LogP contribution is -2.54. The fourth-order valence-electron chi connectivity index (χ4n) is 3.82. The van der Waals surface area contributed by atoms with E-state index < -0.39 is 0 Å². The van der Waals surface area contributed by atoms with Crippen molar-refractivity contribution in [3.8, 4) is 0 Å². The molecule has 2 aliphatic heterocycles. The van der Waals surface area contributed by atoms with Crippen molar-refractivity contribution in [2.24, 2.45) is 13.0 Å². The van der Waals surface area contributed by atoms with Crippen LogP contribution in [0, 0.1) is 5.92 Å². The molecule has 3 aliphatic rings. The van der Waals surface area contributed by atoms with Crippen LogP contribution < -0.4 is 4.90 Å². The van der Waals surface area contributed by atoms with Crippen LogP contribution in [0.15, 0.2) is 12.4 Å². The first-order chi connectivity index (χ1) is 11.6. The number of carbonyl (C=O) groups is 2. The second kappa shape index (κ2) is 6.11. The molecule has 3 heterocycles. The molecule has 4 rings (SSSR count). The number of aromatic nitrogens is 2. The van der Waals surface area contributed by atoms with Crippen LogP contribution in [0.2, 0.25) is 0 Å². The summed E-state index contributed by atoms with van der Waals surface area (Å²) in [6, 6.07) is -0.219. The van der Waals surface area contributed by atoms with Crippen LogP contribution in [0.4, 0.5) is 5.69 Å². The number of carbonyl (C=O) groups excluding carboxylic acids is 2. The van der Waals surface area contributed by atoms with Crippen molar-refractivity contribution in [1.82, 2.24) is 19.6 Å². The monoisotopic (exact) mass is 331 g/mol. The maximum Gasteiger partial charge on any atom is 0.245 e. The van der Waals surface area contributed by atoms with E-state index in [4.69, 9.17) is 0 Å². The van der Waals surface area contributed by atoms with Crippen molar-refractivity contribution in [3.05, 3.63) is 12.4 Å². The number of rotatable bonds is 3. The minimum Gasteiger partial charge on any atom is -0.365 e. The summed E-state index contributed by atoms with van der Waals surface area (Å²) < 4.78 is 1.80. The number of amides is 2. The summed E-state index contributed by atoms with van der Waals surface area (Å²) in [5.74, 6) is 0.549. The SMILES string of the molecule is Cn1cc(N2CCN(C(=O)[C@H]3CCCN3C(=O)C3CC3)CC2)cn1. The summed E-state index contributed by atoms with van der Waals surface area (Å²) in [4.78, 5) is 31.3. The zero-order chi connectivity index (χ0) is 16.7. The molecule has 2 saturated heterocycles. The molecular formula is C17H25N5O2. The first kappa shape index (κ1) is 15.5. The molecule has 1 atom stereocenters. The molecular weight excluding hydrogens is 306 g/mol. The number of likely N-dealkylation sites (tertiary alicyclic amines) is 1. The average molecular weight is 331 g/mol. The summed E-state index contributed by atoms with van der Waals surface area (Å²) in [7, 11) is 1.91. The van der Waals surface area contributed by atoms with Gasteiger partial charge in [-0.1, -0.05) is 0 Å². The lowest BCUT2D eigenvalue weighted by atomic mass is 10.1. The van der Waals surface area contributed by atoms with Gasteiger partial charge in [-0.2, -0.15) is 5.10 Å². The summed E-state index contributed by atoms with van der Waals surface area (Å²) in [5, 5.41) is 4.21. The Morgan fingerprint density at radius 3 is 2.42 bits per heavy atom. The second-order valence-corrected chi connectivity index (χ2v) is 7.15. The van der Waals surface area contributed by atoms with Gasteiger partial charge >= 0.3 is 0 Å². The summed E-state index contributed by atoms with van der Waals surface area (Å²) in [6.45, 7) is 3.83. The van der Waals surface area contributed by atoms with E-state index in [-0.39, 0.29) is 23.8 Å². The zero-order valence-corrected chi connectivity index (χ0v) is 14.2. The molecule has 7 nitrogen and oxygen atoms in total. The van der Waals surface area contributed by atoms with Crippen molar-refractivity contribution >= 4 is 17.5 Å². The molecule has 130 valence electrons. The Hall–Kier alpha value is -2.05. The topological polar surface area (TPSA) is 61.7 Å². The molecule has 0 N–H and O–H groups in total. The third-order valence-electron chi connectivity index (χ3n) is 5.40. The van der Waals surface area contributed by atoms with E-state index in [0.29, 0.717) is 0 Å². The number of nitrogens with zero attached hydrogens (tertiary/aromatic N) is 5. The Labute approximate surface area is 142 Å². The molecule has 0 aromatic carbocycles. The van der Waals surface area contributed by atoms with Gasteiger partial charge in [0.05, 0.1) is 11.9 Å². The van der Waals surface area contributed by atoms with Gasteiger partial charge in [0.25, 0.3) is 0 Å². The molecule has 0 bridgehead atoms. The van der Waals surface area contributed by atoms with E-state index in [0.717, 1.165) is 64.1 Å². The lowest BCUT2D eigenvalue weighted by Gasteiger charge is -2.37. The Kier molecular flexibility index (Phi) is 3.94. The van der Waals surface area contributed by atoms with Crippen molar-refractivity contribution in [1.29, 1.82) is 0 Å². The van der Waals surface area contributed by atoms with Crippen LogP contribution in [0.25, 0.3) is 0 Å². The highest BCUT2D eigenvalue weighted by Crippen LogP contribution is 2.34. The van der Waals surface area contributed by atoms with Crippen LogP contribution in [0.3, 0.4) is 0 Å². The third kappa shape index (κ3) is 2.87. The Bertz CT molecular complexity index is 631. The van der Waals surface area contributed by atoms with Crippen LogP contribution >= 0.6 is 0 Å². The maximum atomic E-state index is 12.9. The van der Waals surface area contributed by atoms with Gasteiger partial charge in [-0.3, -0.25) is 14.3 Å². The minimum atomic E-state index is -0.219. The predicted molar refractivity (Wildman–Crippen MR) is 89.5 cm³/mol. The van der Waals surface area contributed by atoms with E-state index in [1.165, 1.54) is 0 Å². The van der Waals surface area contributed by atoms with Crippen molar-refractivity contribution in [2.75, 3.05) is 37.6 Å². The van der Waals surface area contributed by atoms with E-state index in [9.17, 15) is 9.59 Å². The van der Waals surface area contributed by atoms with Crippen LogP contribution in [-0.4, -0.2) is 70.2 Å². The molecule has 1 aliphatic carbocycles. The highest BCUT2D eigenvalue weighted by atomic mass is 16.2. The largest absolute Gasteiger partial charge is 0.365 e. The van der Waals surface area contributed by atoms with Gasteiger partial charge in [-0.15, -0.1) is 0 Å². The number of hydrogen-bond donors (Lipinski definition) is 0. The molecule has 1 aromatic rings. The van der Waals surface area contributed by atoms with E-state index in [1.807, 2.05) is 29.2 Å². The molecule has 2 amide bonds. The van der Waals surface area contributed by atoms with Gasteiger partial charge < -0.3 is 14.7 Å². The summed E-state index contributed by atoms with van der Waals surface area (Å²) >= 11 is 0. The van der Waals surface area contributed by atoms with Gasteiger partial charge in [0.1, 0.15) is 6.04 Å². The molecule has 24 heavy (non-hydrogen) atoms. The normalized spacial score (nSPS) is 24.5. The van der Waals surface area contributed by atoms with Gasteiger partial charge in [-0.25, -0.2) is 0 Å². The molecule has 0 radical (unpaired) electrons. The zero-order valence-electron chi connectivity index (χ0n) is 14.2. The van der Waals surface area contributed by atoms with Crippen molar-refractivity contribution in [3.63, 3.8) is 0 Å². The van der Waals surface area contributed by atoms with Crippen molar-refractivity contribution < 1.29 is 9.59 Å². The third-order valence-corrected chi connectivity index (χ3v) is 5.40. The summed E-state index contributed by atoms with van der Waals surface area (Å²) in [5.41, 5.74) is 1.11. The molecule has 0 unspecified atom stereocenters. The highest BCUT2D eigenvalue weighted by Gasteiger charge is 2.42. The molecule has 1 aromatic heterocycles. The Balaban J connectivity index is 1.36. The fraction of sp³-hybridized carbons (Fsp3) is 0.706. The van der Waals surface area contributed by atoms with E-state index in [2.05, 4.69) is 10.00 Å². The smallest absolute Gasteiger partial charge is 0.245 e. The Morgan fingerprint density at radius 2 is 1.79 bits per heavy atom. The number of aryl methyl sites for hydroxylation is 1. The molecule has 1 saturated carbocycles. The van der Waals surface area contributed by atoms with Gasteiger partial charge in [0, 0.05) is 51.9 Å². The first-order valence-corrected chi connectivity index (χ1v) is 8.96. The second-order valence-electron chi connectivity index (χ2n) is 7.15. The standard InChI is InChI=1S/C17H25N5O2/c1-19-12-14(11-18-19)20-7-9-21(10-8-20)17(24)15-3-2-6-22(15)16(23)13-4-5-13/h11-13,15H,2-10H2,1H3/t15-/m1/s1. The average Bonchev–Trinajstić information content (AvgIpc) is 3.17. The molecule has 0 spiro atoms. The van der Waals surface area contributed by atoms with Gasteiger partial charge in [0.2, 0.25) is 11.8 Å². The van der Waals surface area contributed by atoms with E-state index in [1.54, 1.807) is 4.68 Å². The summed E-state index contributed by atoms with van der Waals surface area (Å²) in [6.07, 6.45) is 7.64. The minimum absolute atomic E-state index is 0.146. The number of anilines is 1. The van der Waals surface area contributed by atoms with Crippen LogP contribution in [0.5, 0.6) is 0 Å². The quantitative estimate of drug-likeness (QED) is 0.808. The first-order valence-electron chi connectivity index (χ1n) is 8.96. The van der Waals surface area contributed by atoms with Gasteiger partial charge in [-0.05, 0) is 25.7 Å². The molecule has 7 heteroatoms. The van der Waals surface area contributed by atoms with Crippen LogP contribution in [0.1, 0.15) is 25.7 Å². The van der Waals surface area contributed by atoms with Crippen LogP contribution in [-0.2, 0) is 16.6 Å². The van der Waals surface area contributed by atoms with E-state index >= 15 is 0 Å². The Morgan fingerprint density at radius 1 is 1.04 bits per heavy atom. The van der Waals surface area contributed by atoms with Gasteiger partial charge in [0.15, 0.2) is 0 Å². The highest BCUT2D eigenvalue weighted by molar-refractivity contribution is 5.90. The van der Waals surface area contributed by atoms with Crippen molar-refractivity contribution in [2.45, 2.75) is 31.7 Å². The number of hydrogen-bond acceptors (Lipinski definition) is 4. The predicted octanol–water partition coefficient (Wildman–Crippen LogP) is 0.470.